The Hall–Kier alpha value is -2.56. The molecule has 1 aliphatic rings. The molecule has 0 saturated carbocycles. The smallest absolute Gasteiger partial charge is 0.250 e. The minimum Gasteiger partial charge on any atom is -0.497 e. The van der Waals surface area contributed by atoms with Crippen molar-refractivity contribution in [2.45, 2.75) is 12.8 Å². The van der Waals surface area contributed by atoms with Crippen LogP contribution in [0.1, 0.15) is 21.5 Å². The fourth-order valence-corrected chi connectivity index (χ4v) is 2.74. The van der Waals surface area contributed by atoms with Crippen LogP contribution in [0.3, 0.4) is 0 Å². The number of benzene rings is 1. The highest BCUT2D eigenvalue weighted by atomic mass is 16.5. The Bertz CT molecular complexity index is 700. The summed E-state index contributed by atoms with van der Waals surface area (Å²) in [5.74, 6) is 1.59. The Morgan fingerprint density at radius 3 is 3.05 bits per heavy atom. The topological polar surface area (TPSA) is 74.4 Å². The van der Waals surface area contributed by atoms with Crippen molar-refractivity contribution >= 4 is 5.91 Å². The number of pyridine rings is 1. The number of hydrogen-bond donors (Lipinski definition) is 1. The standard InChI is InChI=1S/C17H18N2O3/c1-21-15-3-2-13-6-12(10-22-16(13)7-15)4-11-5-14(17(18)20)9-19-8-11/h2-3,5,7-9,12H,4,6,10H2,1H3,(H2,18,20). The van der Waals surface area contributed by atoms with Gasteiger partial charge >= 0.3 is 0 Å². The number of aromatic nitrogens is 1. The maximum absolute atomic E-state index is 11.2. The van der Waals surface area contributed by atoms with E-state index in [9.17, 15) is 4.79 Å². The molecule has 1 unspecified atom stereocenters. The van der Waals surface area contributed by atoms with Gasteiger partial charge in [0.2, 0.25) is 5.91 Å². The maximum Gasteiger partial charge on any atom is 0.250 e. The number of nitrogens with two attached hydrogens (primary N) is 1. The minimum absolute atomic E-state index is 0.353. The summed E-state index contributed by atoms with van der Waals surface area (Å²) in [7, 11) is 1.64. The van der Waals surface area contributed by atoms with E-state index in [0.29, 0.717) is 18.1 Å². The van der Waals surface area contributed by atoms with E-state index in [4.69, 9.17) is 15.2 Å². The molecule has 0 bridgehead atoms. The highest BCUT2D eigenvalue weighted by Crippen LogP contribution is 2.32. The number of nitrogens with zero attached hydrogens (tertiary/aromatic N) is 1. The quantitative estimate of drug-likeness (QED) is 0.936. The van der Waals surface area contributed by atoms with Gasteiger partial charge in [-0.3, -0.25) is 9.78 Å². The van der Waals surface area contributed by atoms with Crippen LogP contribution in [0, 0.1) is 5.92 Å². The summed E-state index contributed by atoms with van der Waals surface area (Å²) in [6.45, 7) is 0.640. The molecule has 0 radical (unpaired) electrons. The van der Waals surface area contributed by atoms with E-state index in [1.54, 1.807) is 19.4 Å². The lowest BCUT2D eigenvalue weighted by Gasteiger charge is -2.25. The number of rotatable bonds is 4. The van der Waals surface area contributed by atoms with Gasteiger partial charge in [-0.2, -0.15) is 0 Å². The number of amides is 1. The molecule has 0 saturated heterocycles. The predicted molar refractivity (Wildman–Crippen MR) is 82.1 cm³/mol. The molecule has 0 spiro atoms. The molecule has 3 rings (SSSR count). The van der Waals surface area contributed by atoms with Crippen molar-refractivity contribution in [3.63, 3.8) is 0 Å². The van der Waals surface area contributed by atoms with Crippen LogP contribution in [0.15, 0.2) is 36.7 Å². The third kappa shape index (κ3) is 3.03. The number of carbonyl (C=O) groups excluding carboxylic acids is 1. The first-order valence-electron chi connectivity index (χ1n) is 7.19. The van der Waals surface area contributed by atoms with Gasteiger partial charge in [-0.15, -0.1) is 0 Å². The summed E-state index contributed by atoms with van der Waals surface area (Å²) in [4.78, 5) is 15.3. The highest BCUT2D eigenvalue weighted by Gasteiger charge is 2.21. The molecule has 1 atom stereocenters. The normalized spacial score (nSPS) is 16.5. The van der Waals surface area contributed by atoms with Gasteiger partial charge in [-0.25, -0.2) is 0 Å². The third-order valence-electron chi connectivity index (χ3n) is 3.86. The Balaban J connectivity index is 1.72. The summed E-state index contributed by atoms with van der Waals surface area (Å²) in [5.41, 5.74) is 7.91. The van der Waals surface area contributed by atoms with E-state index in [-0.39, 0.29) is 0 Å². The zero-order chi connectivity index (χ0) is 15.5. The molecule has 114 valence electrons. The van der Waals surface area contributed by atoms with Crippen molar-refractivity contribution in [1.29, 1.82) is 0 Å². The second kappa shape index (κ2) is 6.05. The van der Waals surface area contributed by atoms with E-state index in [1.165, 1.54) is 11.8 Å². The van der Waals surface area contributed by atoms with E-state index in [2.05, 4.69) is 4.98 Å². The first-order chi connectivity index (χ1) is 10.7. The molecule has 1 aliphatic heterocycles. The monoisotopic (exact) mass is 298 g/mol. The second-order valence-electron chi connectivity index (χ2n) is 5.51. The molecule has 1 aromatic heterocycles. The van der Waals surface area contributed by atoms with Gasteiger partial charge in [0.1, 0.15) is 11.5 Å². The molecular weight excluding hydrogens is 280 g/mol. The van der Waals surface area contributed by atoms with Crippen molar-refractivity contribution < 1.29 is 14.3 Å². The van der Waals surface area contributed by atoms with Crippen molar-refractivity contribution in [2.24, 2.45) is 11.7 Å². The van der Waals surface area contributed by atoms with E-state index < -0.39 is 5.91 Å². The summed E-state index contributed by atoms with van der Waals surface area (Å²) >= 11 is 0. The number of methoxy groups -OCH3 is 1. The van der Waals surface area contributed by atoms with Gasteiger partial charge in [0, 0.05) is 24.4 Å². The molecule has 1 aromatic carbocycles. The van der Waals surface area contributed by atoms with Crippen LogP contribution in [0.25, 0.3) is 0 Å². The Labute approximate surface area is 129 Å². The van der Waals surface area contributed by atoms with Crippen molar-refractivity contribution in [1.82, 2.24) is 4.98 Å². The summed E-state index contributed by atoms with van der Waals surface area (Å²) in [6, 6.07) is 7.71. The summed E-state index contributed by atoms with van der Waals surface area (Å²) < 4.78 is 11.0. The lowest BCUT2D eigenvalue weighted by atomic mass is 9.91. The van der Waals surface area contributed by atoms with Crippen molar-refractivity contribution in [3.05, 3.63) is 53.3 Å². The van der Waals surface area contributed by atoms with Gasteiger partial charge < -0.3 is 15.2 Å². The lowest BCUT2D eigenvalue weighted by Crippen LogP contribution is -2.23. The average molecular weight is 298 g/mol. The molecule has 2 N–H and O–H groups in total. The minimum atomic E-state index is -0.452. The van der Waals surface area contributed by atoms with Crippen LogP contribution in [0.5, 0.6) is 11.5 Å². The number of primary amides is 1. The number of hydrogen-bond acceptors (Lipinski definition) is 4. The third-order valence-corrected chi connectivity index (χ3v) is 3.86. The summed E-state index contributed by atoms with van der Waals surface area (Å²) in [5, 5.41) is 0. The van der Waals surface area contributed by atoms with Crippen LogP contribution in [0.2, 0.25) is 0 Å². The molecule has 0 aliphatic carbocycles. The molecular formula is C17H18N2O3. The number of carbonyl (C=O) groups is 1. The lowest BCUT2D eigenvalue weighted by molar-refractivity contribution is 0.1000. The zero-order valence-electron chi connectivity index (χ0n) is 12.4. The van der Waals surface area contributed by atoms with Gasteiger partial charge in [0.05, 0.1) is 19.3 Å². The SMILES string of the molecule is COc1ccc2c(c1)OCC(Cc1cncc(C(N)=O)c1)C2. The fraction of sp³-hybridized carbons (Fsp3) is 0.294. The van der Waals surface area contributed by atoms with Gasteiger partial charge in [0.15, 0.2) is 0 Å². The van der Waals surface area contributed by atoms with Crippen LogP contribution < -0.4 is 15.2 Å². The predicted octanol–water partition coefficient (Wildman–Crippen LogP) is 1.98. The van der Waals surface area contributed by atoms with Crippen molar-refractivity contribution in [2.75, 3.05) is 13.7 Å². The Morgan fingerprint density at radius 1 is 1.41 bits per heavy atom. The first kappa shape index (κ1) is 14.4. The first-order valence-corrected chi connectivity index (χ1v) is 7.19. The maximum atomic E-state index is 11.2. The van der Waals surface area contributed by atoms with E-state index in [0.717, 1.165) is 29.9 Å². The molecule has 0 fully saturated rings. The van der Waals surface area contributed by atoms with Crippen LogP contribution in [-0.4, -0.2) is 24.6 Å². The molecule has 5 heteroatoms. The number of ether oxygens (including phenoxy) is 2. The number of fused-ring (bicyclic) bond motifs is 1. The molecule has 5 nitrogen and oxygen atoms in total. The van der Waals surface area contributed by atoms with Crippen molar-refractivity contribution in [3.8, 4) is 11.5 Å². The zero-order valence-corrected chi connectivity index (χ0v) is 12.4. The fourth-order valence-electron chi connectivity index (χ4n) is 2.74. The Morgan fingerprint density at radius 2 is 2.27 bits per heavy atom. The second-order valence-corrected chi connectivity index (χ2v) is 5.51. The Kier molecular flexibility index (Phi) is 3.96. The van der Waals surface area contributed by atoms with E-state index >= 15 is 0 Å². The van der Waals surface area contributed by atoms with Gasteiger partial charge in [-0.1, -0.05) is 6.07 Å². The van der Waals surface area contributed by atoms with E-state index in [1.807, 2.05) is 18.2 Å². The van der Waals surface area contributed by atoms with Crippen LogP contribution >= 0.6 is 0 Å². The largest absolute Gasteiger partial charge is 0.497 e. The van der Waals surface area contributed by atoms with Gasteiger partial charge in [-0.05, 0) is 36.1 Å². The molecule has 22 heavy (non-hydrogen) atoms. The highest BCUT2D eigenvalue weighted by molar-refractivity contribution is 5.92. The molecule has 2 aromatic rings. The molecule has 2 heterocycles. The van der Waals surface area contributed by atoms with Crippen LogP contribution in [-0.2, 0) is 12.8 Å². The van der Waals surface area contributed by atoms with Crippen LogP contribution in [0.4, 0.5) is 0 Å². The summed E-state index contributed by atoms with van der Waals surface area (Å²) in [6.07, 6.45) is 5.00. The van der Waals surface area contributed by atoms with Gasteiger partial charge in [0.25, 0.3) is 0 Å². The average Bonchev–Trinajstić information content (AvgIpc) is 2.54. The molecule has 1 amide bonds.